The molecule has 4 heteroatoms. The van der Waals surface area contributed by atoms with Gasteiger partial charge in [-0.05, 0) is 18.2 Å². The summed E-state index contributed by atoms with van der Waals surface area (Å²) < 4.78 is 0.798. The van der Waals surface area contributed by atoms with Gasteiger partial charge in [0, 0.05) is 10.1 Å². The van der Waals surface area contributed by atoms with Crippen molar-refractivity contribution in [2.24, 2.45) is 0 Å². The van der Waals surface area contributed by atoms with Crippen LogP contribution in [-0.4, -0.2) is 10.2 Å². The van der Waals surface area contributed by atoms with Crippen molar-refractivity contribution < 1.29 is 10.2 Å². The molecule has 13 heavy (non-hydrogen) atoms. The predicted octanol–water partition coefficient (Wildman–Crippen LogP) is 2.18. The molecule has 64 valence electrons. The summed E-state index contributed by atoms with van der Waals surface area (Å²) in [7, 11) is 0. The molecule has 0 atom stereocenters. The lowest BCUT2D eigenvalue weighted by molar-refractivity contribution is 0.408. The Balaban J connectivity index is 2.86. The van der Waals surface area contributed by atoms with Gasteiger partial charge in [0.25, 0.3) is 0 Å². The number of aromatic hydroxyl groups is 2. The maximum Gasteiger partial charge on any atom is 0.166 e. The van der Waals surface area contributed by atoms with E-state index in [2.05, 4.69) is 0 Å². The first-order valence-corrected chi connectivity index (χ1v) is 4.38. The lowest BCUT2D eigenvalue weighted by Crippen LogP contribution is -1.68. The molecule has 0 bridgehead atoms. The van der Waals surface area contributed by atoms with Crippen LogP contribution in [0.25, 0.3) is 10.1 Å². The SMILES string of the molecule is N#Cc1cc2c(O)c(O)ccc2s1. The number of phenols is 2. The van der Waals surface area contributed by atoms with E-state index < -0.39 is 0 Å². The Bertz CT molecular complexity index is 510. The summed E-state index contributed by atoms with van der Waals surface area (Å²) in [6, 6.07) is 6.64. The third kappa shape index (κ3) is 1.10. The zero-order valence-electron chi connectivity index (χ0n) is 6.48. The van der Waals surface area contributed by atoms with Crippen LogP contribution in [0.15, 0.2) is 18.2 Å². The van der Waals surface area contributed by atoms with Gasteiger partial charge >= 0.3 is 0 Å². The Morgan fingerprint density at radius 1 is 1.31 bits per heavy atom. The smallest absolute Gasteiger partial charge is 0.166 e. The number of nitriles is 1. The fourth-order valence-corrected chi connectivity index (χ4v) is 2.00. The van der Waals surface area contributed by atoms with Crippen molar-refractivity contribution in [3.8, 4) is 17.6 Å². The summed E-state index contributed by atoms with van der Waals surface area (Å²) >= 11 is 1.29. The van der Waals surface area contributed by atoms with Gasteiger partial charge in [-0.25, -0.2) is 0 Å². The first-order chi connectivity index (χ1) is 6.22. The second kappa shape index (κ2) is 2.64. The summed E-state index contributed by atoms with van der Waals surface area (Å²) in [5.41, 5.74) is 0. The highest BCUT2D eigenvalue weighted by Crippen LogP contribution is 2.37. The van der Waals surface area contributed by atoms with Crippen LogP contribution < -0.4 is 0 Å². The van der Waals surface area contributed by atoms with Crippen LogP contribution in [-0.2, 0) is 0 Å². The van der Waals surface area contributed by atoms with Crippen molar-refractivity contribution in [2.75, 3.05) is 0 Å². The quantitative estimate of drug-likeness (QED) is 0.627. The van der Waals surface area contributed by atoms with Gasteiger partial charge in [0.1, 0.15) is 10.9 Å². The van der Waals surface area contributed by atoms with E-state index in [1.807, 2.05) is 6.07 Å². The Labute approximate surface area is 78.1 Å². The summed E-state index contributed by atoms with van der Waals surface area (Å²) in [5.74, 6) is -0.315. The second-order valence-electron chi connectivity index (χ2n) is 2.57. The molecule has 0 saturated carbocycles. The van der Waals surface area contributed by atoms with Crippen molar-refractivity contribution in [2.45, 2.75) is 0 Å². The average molecular weight is 191 g/mol. The van der Waals surface area contributed by atoms with Crippen LogP contribution >= 0.6 is 11.3 Å². The fraction of sp³-hybridized carbons (Fsp3) is 0. The first-order valence-electron chi connectivity index (χ1n) is 3.57. The van der Waals surface area contributed by atoms with Gasteiger partial charge in [-0.15, -0.1) is 11.3 Å². The number of hydrogen-bond donors (Lipinski definition) is 2. The summed E-state index contributed by atoms with van der Waals surface area (Å²) in [6.07, 6.45) is 0. The molecule has 2 rings (SSSR count). The maximum absolute atomic E-state index is 9.41. The third-order valence-electron chi connectivity index (χ3n) is 1.76. The Kier molecular flexibility index (Phi) is 1.61. The second-order valence-corrected chi connectivity index (χ2v) is 3.65. The highest BCUT2D eigenvalue weighted by atomic mass is 32.1. The van der Waals surface area contributed by atoms with Gasteiger partial charge in [0.2, 0.25) is 0 Å². The van der Waals surface area contributed by atoms with E-state index >= 15 is 0 Å². The molecule has 0 unspecified atom stereocenters. The molecule has 1 aromatic heterocycles. The Hall–Kier alpha value is -1.73. The minimum absolute atomic E-state index is 0.157. The topological polar surface area (TPSA) is 64.2 Å². The van der Waals surface area contributed by atoms with Gasteiger partial charge in [-0.1, -0.05) is 0 Å². The van der Waals surface area contributed by atoms with Gasteiger partial charge in [-0.3, -0.25) is 0 Å². The molecule has 2 N–H and O–H groups in total. The third-order valence-corrected chi connectivity index (χ3v) is 2.77. The zero-order chi connectivity index (χ0) is 9.42. The highest BCUT2D eigenvalue weighted by molar-refractivity contribution is 7.19. The molecular weight excluding hydrogens is 186 g/mol. The van der Waals surface area contributed by atoms with Crippen LogP contribution in [0.2, 0.25) is 0 Å². The van der Waals surface area contributed by atoms with Gasteiger partial charge in [0.15, 0.2) is 11.5 Å². The van der Waals surface area contributed by atoms with Crippen LogP contribution in [0.3, 0.4) is 0 Å². The minimum atomic E-state index is -0.158. The number of thiophene rings is 1. The standard InChI is InChI=1S/C9H5NO2S/c10-4-5-3-6-8(13-5)2-1-7(11)9(6)12/h1-3,11-12H. The predicted molar refractivity (Wildman–Crippen MR) is 49.9 cm³/mol. The van der Waals surface area contributed by atoms with Crippen LogP contribution in [0, 0.1) is 11.3 Å². The summed E-state index contributed by atoms with van der Waals surface area (Å²) in [6.45, 7) is 0. The lowest BCUT2D eigenvalue weighted by atomic mass is 10.2. The van der Waals surface area contributed by atoms with E-state index in [4.69, 9.17) is 5.26 Å². The van der Waals surface area contributed by atoms with Crippen molar-refractivity contribution in [1.29, 1.82) is 5.26 Å². The first kappa shape index (κ1) is 7.90. The molecule has 0 aliphatic heterocycles. The number of phenolic OH excluding ortho intramolecular Hbond substituents is 2. The number of nitrogens with zero attached hydrogens (tertiary/aromatic N) is 1. The van der Waals surface area contributed by atoms with Crippen molar-refractivity contribution in [3.05, 3.63) is 23.1 Å². The van der Waals surface area contributed by atoms with Crippen LogP contribution in [0.1, 0.15) is 4.88 Å². The Morgan fingerprint density at radius 2 is 2.08 bits per heavy atom. The Morgan fingerprint density at radius 3 is 2.77 bits per heavy atom. The molecule has 1 heterocycles. The summed E-state index contributed by atoms with van der Waals surface area (Å²) in [5, 5.41) is 27.7. The normalized spacial score (nSPS) is 10.1. The molecule has 0 spiro atoms. The van der Waals surface area contributed by atoms with Crippen molar-refractivity contribution in [1.82, 2.24) is 0 Å². The van der Waals surface area contributed by atoms with E-state index in [0.717, 1.165) is 4.70 Å². The van der Waals surface area contributed by atoms with Crippen LogP contribution in [0.4, 0.5) is 0 Å². The summed E-state index contributed by atoms with van der Waals surface area (Å²) in [4.78, 5) is 0.524. The van der Waals surface area contributed by atoms with E-state index in [0.29, 0.717) is 10.3 Å². The lowest BCUT2D eigenvalue weighted by Gasteiger charge is -1.96. The molecule has 0 saturated heterocycles. The zero-order valence-corrected chi connectivity index (χ0v) is 7.30. The molecule has 0 aliphatic rings. The van der Waals surface area contributed by atoms with Gasteiger partial charge in [0.05, 0.1) is 0 Å². The maximum atomic E-state index is 9.41. The monoisotopic (exact) mass is 191 g/mol. The molecule has 3 nitrogen and oxygen atoms in total. The molecular formula is C9H5NO2S. The van der Waals surface area contributed by atoms with Crippen molar-refractivity contribution >= 4 is 21.4 Å². The average Bonchev–Trinajstić information content (AvgIpc) is 2.55. The molecule has 0 radical (unpaired) electrons. The van der Waals surface area contributed by atoms with Crippen LogP contribution in [0.5, 0.6) is 11.5 Å². The molecule has 2 aromatic rings. The highest BCUT2D eigenvalue weighted by Gasteiger charge is 2.08. The minimum Gasteiger partial charge on any atom is -0.504 e. The molecule has 1 aromatic carbocycles. The number of hydrogen-bond acceptors (Lipinski definition) is 4. The largest absolute Gasteiger partial charge is 0.504 e. The molecule has 0 amide bonds. The van der Waals surface area contributed by atoms with E-state index in [1.54, 1.807) is 12.1 Å². The number of fused-ring (bicyclic) bond motifs is 1. The molecule has 0 fully saturated rings. The van der Waals surface area contributed by atoms with Gasteiger partial charge < -0.3 is 10.2 Å². The number of rotatable bonds is 0. The van der Waals surface area contributed by atoms with Gasteiger partial charge in [-0.2, -0.15) is 5.26 Å². The van der Waals surface area contributed by atoms with E-state index in [-0.39, 0.29) is 11.5 Å². The fourth-order valence-electron chi connectivity index (χ4n) is 1.14. The van der Waals surface area contributed by atoms with E-state index in [9.17, 15) is 10.2 Å². The number of benzene rings is 1. The van der Waals surface area contributed by atoms with E-state index in [1.165, 1.54) is 17.4 Å². The molecule has 0 aliphatic carbocycles. The van der Waals surface area contributed by atoms with Crippen molar-refractivity contribution in [3.63, 3.8) is 0 Å².